The number of rotatable bonds is 3. The molecule has 0 aliphatic carbocycles. The molecule has 1 aromatic heterocycles. The molecule has 0 saturated heterocycles. The highest BCUT2D eigenvalue weighted by Gasteiger charge is 2.06. The van der Waals surface area contributed by atoms with E-state index in [4.69, 9.17) is 0 Å². The van der Waals surface area contributed by atoms with Gasteiger partial charge in [0.15, 0.2) is 4.34 Å². The van der Waals surface area contributed by atoms with Gasteiger partial charge >= 0.3 is 0 Å². The maximum absolute atomic E-state index is 4.64. The molecule has 3 rings (SSSR count). The van der Waals surface area contributed by atoms with Crippen LogP contribution in [0.25, 0.3) is 10.2 Å². The van der Waals surface area contributed by atoms with E-state index in [1.165, 1.54) is 18.3 Å². The Morgan fingerprint density at radius 3 is 2.89 bits per heavy atom. The van der Waals surface area contributed by atoms with E-state index < -0.39 is 0 Å². The van der Waals surface area contributed by atoms with Crippen LogP contribution in [0.4, 0.5) is 0 Å². The third-order valence-electron chi connectivity index (χ3n) is 2.63. The fourth-order valence-corrected chi connectivity index (χ4v) is 4.89. The van der Waals surface area contributed by atoms with Crippen LogP contribution in [-0.4, -0.2) is 4.98 Å². The van der Waals surface area contributed by atoms with Crippen molar-refractivity contribution in [3.8, 4) is 0 Å². The monoisotopic (exact) mass is 461 g/mol. The summed E-state index contributed by atoms with van der Waals surface area (Å²) in [4.78, 5) is 4.64. The third-order valence-corrected chi connectivity index (χ3v) is 6.31. The van der Waals surface area contributed by atoms with E-state index in [0.29, 0.717) is 0 Å². The first-order valence-corrected chi connectivity index (χ1v) is 9.32. The molecule has 1 nitrogen and oxygen atoms in total. The van der Waals surface area contributed by atoms with E-state index in [-0.39, 0.29) is 0 Å². The van der Waals surface area contributed by atoms with E-state index in [1.54, 1.807) is 23.1 Å². The van der Waals surface area contributed by atoms with Gasteiger partial charge in [-0.15, -0.1) is 11.3 Å². The molecule has 96 valence electrons. The SMILES string of the molecule is Brc1ccc(I)cc1CSc1nc2ccccc2s1. The summed E-state index contributed by atoms with van der Waals surface area (Å²) < 4.78 is 4.82. The van der Waals surface area contributed by atoms with Crippen molar-refractivity contribution in [3.63, 3.8) is 0 Å². The molecule has 0 aliphatic rings. The van der Waals surface area contributed by atoms with Gasteiger partial charge in [0.25, 0.3) is 0 Å². The maximum atomic E-state index is 4.64. The lowest BCUT2D eigenvalue weighted by molar-refractivity contribution is 1.28. The summed E-state index contributed by atoms with van der Waals surface area (Å²) in [5.41, 5.74) is 2.41. The molecule has 0 unspecified atom stereocenters. The summed E-state index contributed by atoms with van der Waals surface area (Å²) >= 11 is 9.51. The summed E-state index contributed by atoms with van der Waals surface area (Å²) in [5.74, 6) is 0.942. The zero-order chi connectivity index (χ0) is 13.2. The molecular formula is C14H9BrINS2. The van der Waals surface area contributed by atoms with Crippen molar-refractivity contribution in [3.05, 3.63) is 56.1 Å². The van der Waals surface area contributed by atoms with Crippen molar-refractivity contribution in [2.75, 3.05) is 0 Å². The van der Waals surface area contributed by atoms with E-state index >= 15 is 0 Å². The quantitative estimate of drug-likeness (QED) is 0.352. The van der Waals surface area contributed by atoms with Crippen LogP contribution >= 0.6 is 61.6 Å². The molecule has 0 aliphatic heterocycles. The smallest absolute Gasteiger partial charge is 0.151 e. The molecule has 0 spiro atoms. The number of para-hydroxylation sites is 1. The van der Waals surface area contributed by atoms with Crippen molar-refractivity contribution in [2.24, 2.45) is 0 Å². The number of fused-ring (bicyclic) bond motifs is 1. The van der Waals surface area contributed by atoms with E-state index in [2.05, 4.69) is 79.9 Å². The lowest BCUT2D eigenvalue weighted by Crippen LogP contribution is -1.84. The van der Waals surface area contributed by atoms with Crippen LogP contribution in [0.3, 0.4) is 0 Å². The summed E-state index contributed by atoms with van der Waals surface area (Å²) in [6.07, 6.45) is 0. The highest BCUT2D eigenvalue weighted by molar-refractivity contribution is 14.1. The number of halogens is 2. The van der Waals surface area contributed by atoms with Gasteiger partial charge in [0.1, 0.15) is 0 Å². The Bertz CT molecular complexity index is 693. The van der Waals surface area contributed by atoms with E-state index in [1.807, 2.05) is 6.07 Å². The predicted molar refractivity (Wildman–Crippen MR) is 96.0 cm³/mol. The topological polar surface area (TPSA) is 12.9 Å². The van der Waals surface area contributed by atoms with Crippen molar-refractivity contribution >= 4 is 71.8 Å². The van der Waals surface area contributed by atoms with Gasteiger partial charge in [-0.1, -0.05) is 39.8 Å². The van der Waals surface area contributed by atoms with Gasteiger partial charge in [-0.25, -0.2) is 4.98 Å². The molecule has 0 atom stereocenters. The number of thiazole rings is 1. The number of thioether (sulfide) groups is 1. The van der Waals surface area contributed by atoms with Crippen molar-refractivity contribution in [1.29, 1.82) is 0 Å². The van der Waals surface area contributed by atoms with Gasteiger partial charge in [-0.05, 0) is 58.5 Å². The largest absolute Gasteiger partial charge is 0.230 e. The van der Waals surface area contributed by atoms with Crippen LogP contribution in [0.1, 0.15) is 5.56 Å². The molecule has 0 saturated carbocycles. The minimum Gasteiger partial charge on any atom is -0.230 e. The summed E-state index contributed by atoms with van der Waals surface area (Å²) in [5, 5.41) is 0. The predicted octanol–water partition coefficient (Wildman–Crippen LogP) is 5.96. The molecule has 0 bridgehead atoms. The summed E-state index contributed by atoms with van der Waals surface area (Å²) in [6.45, 7) is 0. The van der Waals surface area contributed by atoms with Gasteiger partial charge in [0, 0.05) is 13.8 Å². The molecule has 5 heteroatoms. The Morgan fingerprint density at radius 2 is 2.05 bits per heavy atom. The minimum absolute atomic E-state index is 0.942. The van der Waals surface area contributed by atoms with Gasteiger partial charge < -0.3 is 0 Å². The number of hydrogen-bond acceptors (Lipinski definition) is 3. The van der Waals surface area contributed by atoms with Crippen LogP contribution in [0.5, 0.6) is 0 Å². The maximum Gasteiger partial charge on any atom is 0.151 e. The van der Waals surface area contributed by atoms with Crippen LogP contribution in [-0.2, 0) is 5.75 Å². The zero-order valence-electron chi connectivity index (χ0n) is 9.77. The molecule has 0 radical (unpaired) electrons. The van der Waals surface area contributed by atoms with Gasteiger partial charge in [-0.2, -0.15) is 0 Å². The Morgan fingerprint density at radius 1 is 1.21 bits per heavy atom. The molecule has 2 aromatic carbocycles. The normalized spacial score (nSPS) is 11.1. The number of hydrogen-bond donors (Lipinski definition) is 0. The number of nitrogens with zero attached hydrogens (tertiary/aromatic N) is 1. The molecule has 0 amide bonds. The van der Waals surface area contributed by atoms with E-state index in [9.17, 15) is 0 Å². The fraction of sp³-hybridized carbons (Fsp3) is 0.0714. The first kappa shape index (κ1) is 13.9. The van der Waals surface area contributed by atoms with Gasteiger partial charge in [0.2, 0.25) is 0 Å². The average molecular weight is 462 g/mol. The van der Waals surface area contributed by atoms with E-state index in [0.717, 1.165) is 15.6 Å². The number of benzene rings is 2. The fourth-order valence-electron chi connectivity index (χ4n) is 1.71. The standard InChI is InChI=1S/C14H9BrINS2/c15-11-6-5-10(16)7-9(11)8-18-14-17-12-3-1-2-4-13(12)19-14/h1-7H,8H2. The summed E-state index contributed by atoms with van der Waals surface area (Å²) in [7, 11) is 0. The highest BCUT2D eigenvalue weighted by atomic mass is 127. The van der Waals surface area contributed by atoms with Gasteiger partial charge in [-0.3, -0.25) is 0 Å². The molecule has 1 heterocycles. The molecule has 3 aromatic rings. The van der Waals surface area contributed by atoms with Crippen LogP contribution in [0.2, 0.25) is 0 Å². The second-order valence-electron chi connectivity index (χ2n) is 3.97. The lowest BCUT2D eigenvalue weighted by atomic mass is 10.2. The van der Waals surface area contributed by atoms with Crippen molar-refractivity contribution < 1.29 is 0 Å². The molecule has 0 fully saturated rings. The van der Waals surface area contributed by atoms with Crippen molar-refractivity contribution in [2.45, 2.75) is 10.1 Å². The average Bonchev–Trinajstić information content (AvgIpc) is 2.82. The minimum atomic E-state index is 0.942. The molecule has 19 heavy (non-hydrogen) atoms. The van der Waals surface area contributed by atoms with Crippen LogP contribution in [0.15, 0.2) is 51.3 Å². The van der Waals surface area contributed by atoms with Gasteiger partial charge in [0.05, 0.1) is 10.2 Å². The van der Waals surface area contributed by atoms with Crippen LogP contribution in [0, 0.1) is 3.57 Å². The Hall–Kier alpha value is -0.110. The van der Waals surface area contributed by atoms with Crippen molar-refractivity contribution in [1.82, 2.24) is 4.98 Å². The zero-order valence-corrected chi connectivity index (χ0v) is 15.1. The second-order valence-corrected chi connectivity index (χ2v) is 8.32. The lowest BCUT2D eigenvalue weighted by Gasteiger charge is -2.03. The summed E-state index contributed by atoms with van der Waals surface area (Å²) in [6, 6.07) is 14.7. The second kappa shape index (κ2) is 6.11. The molecule has 0 N–H and O–H groups in total. The molecular weight excluding hydrogens is 453 g/mol. The highest BCUT2D eigenvalue weighted by Crippen LogP contribution is 2.33. The third kappa shape index (κ3) is 3.32. The van der Waals surface area contributed by atoms with Crippen LogP contribution < -0.4 is 0 Å². The first-order valence-electron chi connectivity index (χ1n) is 5.65. The Kier molecular flexibility index (Phi) is 4.46. The first-order chi connectivity index (χ1) is 9.22. The Balaban J connectivity index is 1.80. The Labute approximate surface area is 142 Å². The number of aromatic nitrogens is 1.